The number of hydrogen-bond acceptors (Lipinski definition) is 5. The van der Waals surface area contributed by atoms with E-state index in [0.29, 0.717) is 30.4 Å². The van der Waals surface area contributed by atoms with E-state index in [9.17, 15) is 8.42 Å². The second-order valence-electron chi connectivity index (χ2n) is 5.67. The van der Waals surface area contributed by atoms with Crippen LogP contribution in [-0.4, -0.2) is 39.1 Å². The molecule has 5 nitrogen and oxygen atoms in total. The third kappa shape index (κ3) is 4.16. The third-order valence-electron chi connectivity index (χ3n) is 3.83. The van der Waals surface area contributed by atoms with Crippen molar-refractivity contribution in [2.75, 3.05) is 20.3 Å². The molecule has 0 N–H and O–H groups in total. The number of rotatable bonds is 9. The van der Waals surface area contributed by atoms with Crippen molar-refractivity contribution in [1.29, 1.82) is 0 Å². The van der Waals surface area contributed by atoms with E-state index < -0.39 is 10.0 Å². The Labute approximate surface area is 146 Å². The average Bonchev–Trinajstić information content (AvgIpc) is 3.28. The van der Waals surface area contributed by atoms with Gasteiger partial charge in [0.15, 0.2) is 0 Å². The number of thiophene rings is 1. The molecule has 0 amide bonds. The van der Waals surface area contributed by atoms with Crippen LogP contribution in [0.1, 0.15) is 17.7 Å². The van der Waals surface area contributed by atoms with Crippen LogP contribution in [0.15, 0.2) is 46.7 Å². The quantitative estimate of drug-likeness (QED) is 0.639. The molecule has 0 bridgehead atoms. The third-order valence-corrected chi connectivity index (χ3v) is 6.61. The highest BCUT2D eigenvalue weighted by Gasteiger charge is 2.38. The molecular weight excluding hydrogens is 346 g/mol. The van der Waals surface area contributed by atoms with Crippen LogP contribution in [0.2, 0.25) is 0 Å². The van der Waals surface area contributed by atoms with E-state index in [1.807, 2.05) is 17.5 Å². The first-order chi connectivity index (χ1) is 11.6. The van der Waals surface area contributed by atoms with Crippen LogP contribution in [0.5, 0.6) is 5.75 Å². The first-order valence-electron chi connectivity index (χ1n) is 7.87. The highest BCUT2D eigenvalue weighted by atomic mass is 32.2. The summed E-state index contributed by atoms with van der Waals surface area (Å²) in [5.74, 6) is 0.641. The molecular formula is C17H21NO4S2. The molecule has 130 valence electrons. The van der Waals surface area contributed by atoms with E-state index in [2.05, 4.69) is 0 Å². The lowest BCUT2D eigenvalue weighted by Crippen LogP contribution is -2.32. The smallest absolute Gasteiger partial charge is 0.243 e. The van der Waals surface area contributed by atoms with Crippen molar-refractivity contribution in [2.45, 2.75) is 30.3 Å². The number of nitrogens with zero attached hydrogens (tertiary/aromatic N) is 1. The predicted molar refractivity (Wildman–Crippen MR) is 93.9 cm³/mol. The van der Waals surface area contributed by atoms with E-state index in [0.717, 1.165) is 17.7 Å². The minimum atomic E-state index is -3.50. The molecule has 7 heteroatoms. The Morgan fingerprint density at radius 2 is 1.92 bits per heavy atom. The molecule has 1 aromatic carbocycles. The lowest BCUT2D eigenvalue weighted by Gasteiger charge is -2.21. The van der Waals surface area contributed by atoms with Crippen molar-refractivity contribution >= 4 is 21.4 Å². The Hall–Kier alpha value is -1.41. The molecule has 0 unspecified atom stereocenters. The van der Waals surface area contributed by atoms with Gasteiger partial charge in [0.25, 0.3) is 0 Å². The van der Waals surface area contributed by atoms with Crippen molar-refractivity contribution in [1.82, 2.24) is 4.31 Å². The van der Waals surface area contributed by atoms with E-state index >= 15 is 0 Å². The van der Waals surface area contributed by atoms with Gasteiger partial charge in [-0.3, -0.25) is 0 Å². The molecule has 0 aliphatic heterocycles. The molecule has 1 fully saturated rings. The van der Waals surface area contributed by atoms with Crippen LogP contribution in [0, 0.1) is 0 Å². The maximum absolute atomic E-state index is 13.0. The van der Waals surface area contributed by atoms with Gasteiger partial charge >= 0.3 is 0 Å². The Kier molecular flexibility index (Phi) is 5.55. The van der Waals surface area contributed by atoms with Crippen LogP contribution in [-0.2, 0) is 21.3 Å². The number of hydrogen-bond donors (Lipinski definition) is 0. The maximum atomic E-state index is 13.0. The molecule has 3 rings (SSSR count). The normalized spacial score (nSPS) is 14.9. The Morgan fingerprint density at radius 1 is 1.17 bits per heavy atom. The summed E-state index contributed by atoms with van der Waals surface area (Å²) < 4.78 is 38.0. The highest BCUT2D eigenvalue weighted by Crippen LogP contribution is 2.34. The highest BCUT2D eigenvalue weighted by molar-refractivity contribution is 7.89. The summed E-state index contributed by atoms with van der Waals surface area (Å²) >= 11 is 1.58. The summed E-state index contributed by atoms with van der Waals surface area (Å²) in [6.45, 7) is 1.38. The minimum Gasteiger partial charge on any atom is -0.491 e. The molecule has 1 aliphatic rings. The largest absolute Gasteiger partial charge is 0.491 e. The first kappa shape index (κ1) is 17.4. The molecule has 0 radical (unpaired) electrons. The lowest BCUT2D eigenvalue weighted by atomic mass is 10.3. The van der Waals surface area contributed by atoms with Gasteiger partial charge in [-0.1, -0.05) is 6.07 Å². The summed E-state index contributed by atoms with van der Waals surface area (Å²) in [4.78, 5) is 1.37. The van der Waals surface area contributed by atoms with Gasteiger partial charge in [-0.2, -0.15) is 4.31 Å². The molecule has 2 aromatic rings. The van der Waals surface area contributed by atoms with Crippen molar-refractivity contribution in [3.63, 3.8) is 0 Å². The zero-order valence-corrected chi connectivity index (χ0v) is 15.2. The van der Waals surface area contributed by atoms with E-state index in [-0.39, 0.29) is 6.04 Å². The van der Waals surface area contributed by atoms with Crippen molar-refractivity contribution in [3.05, 3.63) is 46.7 Å². The monoisotopic (exact) mass is 367 g/mol. The molecule has 1 aliphatic carbocycles. The summed E-state index contributed by atoms with van der Waals surface area (Å²) in [6, 6.07) is 10.7. The van der Waals surface area contributed by atoms with Crippen LogP contribution in [0.25, 0.3) is 0 Å². The number of benzene rings is 1. The van der Waals surface area contributed by atoms with E-state index in [1.165, 1.54) is 0 Å². The van der Waals surface area contributed by atoms with Gasteiger partial charge in [0, 0.05) is 24.6 Å². The van der Waals surface area contributed by atoms with Crippen molar-refractivity contribution in [3.8, 4) is 5.75 Å². The van der Waals surface area contributed by atoms with Crippen molar-refractivity contribution < 1.29 is 17.9 Å². The second kappa shape index (κ2) is 7.65. The van der Waals surface area contributed by atoms with E-state index in [1.54, 1.807) is 47.0 Å². The molecule has 0 atom stereocenters. The number of sulfonamides is 1. The standard InChI is InChI=1S/C17H21NO4S2/c1-21-10-11-22-15-6-8-17(9-7-15)24(19,20)18(14-4-5-14)13-16-3-2-12-23-16/h2-3,6-9,12,14H,4-5,10-11,13H2,1H3. The van der Waals surface area contributed by atoms with Gasteiger partial charge in [0.2, 0.25) is 10.0 Å². The lowest BCUT2D eigenvalue weighted by molar-refractivity contribution is 0.146. The Morgan fingerprint density at radius 3 is 2.50 bits per heavy atom. The zero-order chi connectivity index (χ0) is 17.0. The molecule has 1 saturated carbocycles. The van der Waals surface area contributed by atoms with Gasteiger partial charge in [0.1, 0.15) is 12.4 Å². The first-order valence-corrected chi connectivity index (χ1v) is 10.2. The van der Waals surface area contributed by atoms with Gasteiger partial charge < -0.3 is 9.47 Å². The number of ether oxygens (including phenoxy) is 2. The fourth-order valence-electron chi connectivity index (χ4n) is 2.42. The Bertz CT molecular complexity index is 737. The van der Waals surface area contributed by atoms with Gasteiger partial charge in [-0.15, -0.1) is 11.3 Å². The van der Waals surface area contributed by atoms with Crippen LogP contribution < -0.4 is 4.74 Å². The van der Waals surface area contributed by atoms with Crippen LogP contribution in [0.4, 0.5) is 0 Å². The Balaban J connectivity index is 1.75. The second-order valence-corrected chi connectivity index (χ2v) is 8.60. The minimum absolute atomic E-state index is 0.120. The van der Waals surface area contributed by atoms with Crippen molar-refractivity contribution in [2.24, 2.45) is 0 Å². The van der Waals surface area contributed by atoms with Gasteiger partial charge in [-0.05, 0) is 48.6 Å². The fraction of sp³-hybridized carbons (Fsp3) is 0.412. The average molecular weight is 367 g/mol. The summed E-state index contributed by atoms with van der Waals surface area (Å²) in [7, 11) is -1.89. The predicted octanol–water partition coefficient (Wildman–Crippen LogP) is 3.13. The van der Waals surface area contributed by atoms with Crippen LogP contribution in [0.3, 0.4) is 0 Å². The van der Waals surface area contributed by atoms with Gasteiger partial charge in [-0.25, -0.2) is 8.42 Å². The topological polar surface area (TPSA) is 55.8 Å². The maximum Gasteiger partial charge on any atom is 0.243 e. The summed E-state index contributed by atoms with van der Waals surface area (Å²) in [5, 5.41) is 1.97. The van der Waals surface area contributed by atoms with E-state index in [4.69, 9.17) is 9.47 Å². The number of methoxy groups -OCH3 is 1. The molecule has 24 heavy (non-hydrogen) atoms. The summed E-state index contributed by atoms with van der Waals surface area (Å²) in [6.07, 6.45) is 1.87. The SMILES string of the molecule is COCCOc1ccc(S(=O)(=O)N(Cc2cccs2)C2CC2)cc1. The molecule has 0 saturated heterocycles. The van der Waals surface area contributed by atoms with Crippen LogP contribution >= 0.6 is 11.3 Å². The summed E-state index contributed by atoms with van der Waals surface area (Å²) in [5.41, 5.74) is 0. The van der Waals surface area contributed by atoms with Gasteiger partial charge in [0.05, 0.1) is 11.5 Å². The molecule has 0 spiro atoms. The molecule has 1 heterocycles. The molecule has 1 aromatic heterocycles. The zero-order valence-electron chi connectivity index (χ0n) is 13.6. The fourth-order valence-corrected chi connectivity index (χ4v) is 4.86.